The lowest BCUT2D eigenvalue weighted by atomic mass is 9.93. The number of para-hydroxylation sites is 1. The van der Waals surface area contributed by atoms with Crippen LogP contribution in [0.5, 0.6) is 0 Å². The number of pyridine rings is 1. The Morgan fingerprint density at radius 1 is 1.21 bits per heavy atom. The number of nitrogen functional groups attached to an aromatic ring is 1. The van der Waals surface area contributed by atoms with Crippen LogP contribution in [0.4, 0.5) is 10.6 Å². The van der Waals surface area contributed by atoms with Crippen LogP contribution in [0.1, 0.15) is 40.0 Å². The van der Waals surface area contributed by atoms with Crippen LogP contribution in [0.2, 0.25) is 0 Å². The number of fused-ring (bicyclic) bond motifs is 2. The first-order valence-corrected chi connectivity index (χ1v) is 12.1. The third-order valence-corrected chi connectivity index (χ3v) is 6.69. The van der Waals surface area contributed by atoms with Crippen LogP contribution >= 0.6 is 0 Å². The topological polar surface area (TPSA) is 89.3 Å². The molecule has 0 saturated carbocycles. The second-order valence-corrected chi connectivity index (χ2v) is 10.4. The van der Waals surface area contributed by atoms with Gasteiger partial charge in [0.15, 0.2) is 0 Å². The maximum atomic E-state index is 12.4. The van der Waals surface area contributed by atoms with Gasteiger partial charge in [-0.2, -0.15) is 0 Å². The molecule has 7 heteroatoms. The Balaban J connectivity index is 1.28. The highest BCUT2D eigenvalue weighted by molar-refractivity contribution is 6.00. The lowest BCUT2D eigenvalue weighted by Gasteiger charge is -2.34. The van der Waals surface area contributed by atoms with E-state index in [9.17, 15) is 4.79 Å². The number of nitrogens with one attached hydrogen (secondary N) is 1. The van der Waals surface area contributed by atoms with Gasteiger partial charge in [-0.3, -0.25) is 0 Å². The molecule has 34 heavy (non-hydrogen) atoms. The number of aryl methyl sites for hydroxylation is 1. The molecule has 1 fully saturated rings. The summed E-state index contributed by atoms with van der Waals surface area (Å²) in [5.74, 6) is 1.83. The first-order valence-electron chi connectivity index (χ1n) is 12.1. The smallest absolute Gasteiger partial charge is 0.317 e. The van der Waals surface area contributed by atoms with E-state index in [1.54, 1.807) is 0 Å². The molecule has 0 unspecified atom stereocenters. The van der Waals surface area contributed by atoms with Crippen molar-refractivity contribution in [2.75, 3.05) is 18.8 Å². The van der Waals surface area contributed by atoms with E-state index >= 15 is 0 Å². The number of nitrogens with zero attached hydrogens (tertiary/aromatic N) is 3. The van der Waals surface area contributed by atoms with Crippen LogP contribution in [0, 0.1) is 5.92 Å². The van der Waals surface area contributed by atoms with Crippen LogP contribution in [0.15, 0.2) is 53.2 Å². The second-order valence-electron chi connectivity index (χ2n) is 10.4. The molecular formula is C27H33N5O2. The Kier molecular flexibility index (Phi) is 5.71. The van der Waals surface area contributed by atoms with E-state index in [2.05, 4.69) is 27.1 Å². The standard InChI is InChI=1S/C27H33N5O2/c1-27(2,3)30-26(33)32-13-9-18(10-14-32)8-12-31-15-11-20-21(31)17-29-25(28)24(20)23-16-19-6-4-5-7-22(19)34-23/h4-7,11,15-18H,8-10,12-14H2,1-3H3,(H2,28,29)(H,30,33). The predicted octanol–water partition coefficient (Wildman–Crippen LogP) is 5.64. The van der Waals surface area contributed by atoms with E-state index in [4.69, 9.17) is 10.2 Å². The van der Waals surface area contributed by atoms with Gasteiger partial charge in [-0.15, -0.1) is 0 Å². The lowest BCUT2D eigenvalue weighted by molar-refractivity contribution is 0.160. The fourth-order valence-electron chi connectivity index (χ4n) is 4.88. The van der Waals surface area contributed by atoms with Gasteiger partial charge in [0.05, 0.1) is 17.3 Å². The third-order valence-electron chi connectivity index (χ3n) is 6.69. The highest BCUT2D eigenvalue weighted by atomic mass is 16.3. The molecule has 1 saturated heterocycles. The van der Waals surface area contributed by atoms with Crippen molar-refractivity contribution in [3.63, 3.8) is 0 Å². The largest absolute Gasteiger partial charge is 0.456 e. The molecule has 5 rings (SSSR count). The van der Waals surface area contributed by atoms with E-state index in [-0.39, 0.29) is 11.6 Å². The van der Waals surface area contributed by atoms with Crippen molar-refractivity contribution >= 4 is 33.7 Å². The maximum Gasteiger partial charge on any atom is 0.317 e. The minimum atomic E-state index is -0.206. The van der Waals surface area contributed by atoms with E-state index in [1.807, 2.05) is 62.2 Å². The average Bonchev–Trinajstić information content (AvgIpc) is 3.40. The summed E-state index contributed by atoms with van der Waals surface area (Å²) >= 11 is 0. The fourth-order valence-corrected chi connectivity index (χ4v) is 4.88. The minimum absolute atomic E-state index is 0.0455. The first-order chi connectivity index (χ1) is 16.3. The number of piperidine rings is 1. The number of furan rings is 1. The summed E-state index contributed by atoms with van der Waals surface area (Å²) in [6.45, 7) is 8.58. The average molecular weight is 460 g/mol. The number of benzene rings is 1. The molecule has 3 aromatic heterocycles. The molecule has 1 aliphatic rings. The Bertz CT molecular complexity index is 1290. The molecule has 0 aliphatic carbocycles. The van der Waals surface area contributed by atoms with Gasteiger partial charge in [-0.05, 0) is 64.2 Å². The summed E-state index contributed by atoms with van der Waals surface area (Å²) in [6.07, 6.45) is 7.11. The molecule has 1 aliphatic heterocycles. The van der Waals surface area contributed by atoms with Gasteiger partial charge in [0, 0.05) is 42.1 Å². The summed E-state index contributed by atoms with van der Waals surface area (Å²) in [5, 5.41) is 5.18. The van der Waals surface area contributed by atoms with Gasteiger partial charge in [0.2, 0.25) is 0 Å². The Morgan fingerprint density at radius 3 is 2.71 bits per heavy atom. The number of likely N-dealkylation sites (tertiary alicyclic amines) is 1. The maximum absolute atomic E-state index is 12.4. The number of hydrogen-bond donors (Lipinski definition) is 2. The van der Waals surface area contributed by atoms with Gasteiger partial charge >= 0.3 is 6.03 Å². The molecule has 3 N–H and O–H groups in total. The molecule has 1 aromatic carbocycles. The summed E-state index contributed by atoms with van der Waals surface area (Å²) in [4.78, 5) is 18.9. The molecule has 2 amide bonds. The fraction of sp³-hybridized carbons (Fsp3) is 0.407. The van der Waals surface area contributed by atoms with Crippen LogP contribution < -0.4 is 11.1 Å². The highest BCUT2D eigenvalue weighted by Gasteiger charge is 2.25. The van der Waals surface area contributed by atoms with Gasteiger partial charge in [-0.1, -0.05) is 18.2 Å². The Hall–Kier alpha value is -3.48. The van der Waals surface area contributed by atoms with E-state index < -0.39 is 0 Å². The van der Waals surface area contributed by atoms with Crippen molar-refractivity contribution in [1.29, 1.82) is 0 Å². The molecule has 0 bridgehead atoms. The van der Waals surface area contributed by atoms with E-state index in [1.165, 1.54) is 0 Å². The third kappa shape index (κ3) is 4.47. The van der Waals surface area contributed by atoms with Crippen LogP contribution in [-0.2, 0) is 6.54 Å². The van der Waals surface area contributed by atoms with E-state index in [0.29, 0.717) is 11.7 Å². The zero-order valence-electron chi connectivity index (χ0n) is 20.2. The summed E-state index contributed by atoms with van der Waals surface area (Å²) in [7, 11) is 0. The van der Waals surface area contributed by atoms with Crippen LogP contribution in [-0.4, -0.2) is 39.1 Å². The normalized spacial score (nSPS) is 15.3. The summed E-state index contributed by atoms with van der Waals surface area (Å²) < 4.78 is 8.36. The number of aromatic nitrogens is 2. The van der Waals surface area contributed by atoms with Gasteiger partial charge in [0.1, 0.15) is 17.2 Å². The first kappa shape index (κ1) is 22.3. The van der Waals surface area contributed by atoms with Crippen molar-refractivity contribution in [3.8, 4) is 11.3 Å². The number of nitrogens with two attached hydrogens (primary N) is 1. The number of anilines is 1. The quantitative estimate of drug-likeness (QED) is 0.413. The summed E-state index contributed by atoms with van der Waals surface area (Å²) in [5.41, 5.74) is 8.85. The number of carbonyl (C=O) groups excluding carboxylic acids is 1. The lowest BCUT2D eigenvalue weighted by Crippen LogP contribution is -2.50. The molecule has 0 radical (unpaired) electrons. The van der Waals surface area contributed by atoms with Crippen molar-refractivity contribution in [3.05, 3.63) is 48.8 Å². The highest BCUT2D eigenvalue weighted by Crippen LogP contribution is 2.36. The molecule has 4 heterocycles. The monoisotopic (exact) mass is 459 g/mol. The molecule has 0 atom stereocenters. The minimum Gasteiger partial charge on any atom is -0.456 e. The van der Waals surface area contributed by atoms with Crippen molar-refractivity contribution in [2.24, 2.45) is 5.92 Å². The molecular weight excluding hydrogens is 426 g/mol. The van der Waals surface area contributed by atoms with Crippen molar-refractivity contribution in [1.82, 2.24) is 19.8 Å². The van der Waals surface area contributed by atoms with Crippen molar-refractivity contribution in [2.45, 2.75) is 52.1 Å². The second kappa shape index (κ2) is 8.70. The SMILES string of the molecule is CC(C)(C)NC(=O)N1CCC(CCn2ccc3c(-c4cc5ccccc5o4)c(N)ncc32)CC1. The number of carbonyl (C=O) groups is 1. The number of amides is 2. The molecule has 0 spiro atoms. The Morgan fingerprint density at radius 2 is 1.97 bits per heavy atom. The number of rotatable bonds is 4. The van der Waals surface area contributed by atoms with Gasteiger partial charge in [-0.25, -0.2) is 9.78 Å². The summed E-state index contributed by atoms with van der Waals surface area (Å²) in [6, 6.07) is 12.2. The van der Waals surface area contributed by atoms with E-state index in [0.717, 1.165) is 72.1 Å². The van der Waals surface area contributed by atoms with Crippen LogP contribution in [0.25, 0.3) is 33.2 Å². The zero-order chi connectivity index (χ0) is 23.9. The number of hydrogen-bond acceptors (Lipinski definition) is 4. The van der Waals surface area contributed by atoms with Gasteiger partial charge < -0.3 is 24.9 Å². The molecule has 178 valence electrons. The van der Waals surface area contributed by atoms with Crippen LogP contribution in [0.3, 0.4) is 0 Å². The molecule has 7 nitrogen and oxygen atoms in total. The molecule has 4 aromatic rings. The van der Waals surface area contributed by atoms with Crippen molar-refractivity contribution < 1.29 is 9.21 Å². The van der Waals surface area contributed by atoms with Gasteiger partial charge in [0.25, 0.3) is 0 Å². The zero-order valence-corrected chi connectivity index (χ0v) is 20.2. The Labute approximate surface area is 199 Å². The predicted molar refractivity (Wildman–Crippen MR) is 137 cm³/mol. The number of urea groups is 1.